The molecule has 0 fully saturated rings. The van der Waals surface area contributed by atoms with Gasteiger partial charge >= 0.3 is 0 Å². The van der Waals surface area contributed by atoms with E-state index in [1.807, 2.05) is 6.07 Å². The lowest BCUT2D eigenvalue weighted by Crippen LogP contribution is -2.17. The number of benzene rings is 2. The zero-order chi connectivity index (χ0) is 15.1. The van der Waals surface area contributed by atoms with Gasteiger partial charge in [-0.15, -0.1) is 0 Å². The average molecular weight is 286 g/mol. The fourth-order valence-electron chi connectivity index (χ4n) is 1.82. The first-order valence-corrected chi connectivity index (χ1v) is 6.67. The molecule has 1 amide bonds. The topological polar surface area (TPSA) is 70.6 Å². The number of para-hydroxylation sites is 2. The standard InChI is InChI=1S/C16H18N2O3/c1-17-16(20)12-6-8-13(9-7-12)21-11-10-18-14-4-2-3-5-15(14)19/h2-9,18-19H,10-11H2,1H3,(H,17,20). The number of rotatable bonds is 6. The van der Waals surface area contributed by atoms with E-state index in [-0.39, 0.29) is 11.7 Å². The number of amides is 1. The van der Waals surface area contributed by atoms with E-state index in [4.69, 9.17) is 4.74 Å². The minimum atomic E-state index is -0.122. The van der Waals surface area contributed by atoms with Crippen molar-refractivity contribution in [3.05, 3.63) is 54.1 Å². The van der Waals surface area contributed by atoms with Gasteiger partial charge in [0.1, 0.15) is 18.1 Å². The van der Waals surface area contributed by atoms with E-state index in [1.165, 1.54) is 0 Å². The van der Waals surface area contributed by atoms with Crippen molar-refractivity contribution in [3.8, 4) is 11.5 Å². The van der Waals surface area contributed by atoms with E-state index >= 15 is 0 Å². The van der Waals surface area contributed by atoms with Gasteiger partial charge in [-0.25, -0.2) is 0 Å². The van der Waals surface area contributed by atoms with Crippen LogP contribution in [0.4, 0.5) is 5.69 Å². The molecule has 2 aromatic carbocycles. The van der Waals surface area contributed by atoms with Crippen molar-refractivity contribution in [1.29, 1.82) is 0 Å². The highest BCUT2D eigenvalue weighted by Crippen LogP contribution is 2.21. The Morgan fingerprint density at radius 1 is 1.14 bits per heavy atom. The minimum absolute atomic E-state index is 0.122. The van der Waals surface area contributed by atoms with Gasteiger partial charge < -0.3 is 20.5 Å². The van der Waals surface area contributed by atoms with E-state index in [9.17, 15) is 9.90 Å². The van der Waals surface area contributed by atoms with Crippen LogP contribution in [0.5, 0.6) is 11.5 Å². The molecule has 0 aliphatic carbocycles. The van der Waals surface area contributed by atoms with E-state index < -0.39 is 0 Å². The van der Waals surface area contributed by atoms with Crippen LogP contribution >= 0.6 is 0 Å². The normalized spacial score (nSPS) is 9.95. The van der Waals surface area contributed by atoms with Crippen LogP contribution in [0, 0.1) is 0 Å². The van der Waals surface area contributed by atoms with Gasteiger partial charge in [0.25, 0.3) is 5.91 Å². The van der Waals surface area contributed by atoms with Gasteiger partial charge in [-0.1, -0.05) is 12.1 Å². The molecular formula is C16H18N2O3. The second-order valence-electron chi connectivity index (χ2n) is 4.40. The van der Waals surface area contributed by atoms with E-state index in [2.05, 4.69) is 10.6 Å². The van der Waals surface area contributed by atoms with Crippen molar-refractivity contribution in [2.75, 3.05) is 25.5 Å². The maximum atomic E-state index is 11.4. The van der Waals surface area contributed by atoms with Gasteiger partial charge in [0.15, 0.2) is 0 Å². The van der Waals surface area contributed by atoms with Gasteiger partial charge in [-0.3, -0.25) is 4.79 Å². The molecule has 2 aromatic rings. The molecule has 0 aromatic heterocycles. The largest absolute Gasteiger partial charge is 0.506 e. The molecule has 0 heterocycles. The van der Waals surface area contributed by atoms with Crippen LogP contribution in [-0.2, 0) is 0 Å². The summed E-state index contributed by atoms with van der Waals surface area (Å²) in [4.78, 5) is 11.4. The molecule has 0 radical (unpaired) electrons. The van der Waals surface area contributed by atoms with Crippen LogP contribution in [0.15, 0.2) is 48.5 Å². The maximum Gasteiger partial charge on any atom is 0.251 e. The summed E-state index contributed by atoms with van der Waals surface area (Å²) in [6, 6.07) is 14.0. The number of hydrogen-bond donors (Lipinski definition) is 3. The molecule has 0 atom stereocenters. The zero-order valence-corrected chi connectivity index (χ0v) is 11.8. The second kappa shape index (κ2) is 7.19. The van der Waals surface area contributed by atoms with E-state index in [0.29, 0.717) is 30.2 Å². The number of phenols is 1. The Morgan fingerprint density at radius 2 is 1.86 bits per heavy atom. The summed E-state index contributed by atoms with van der Waals surface area (Å²) in [6.45, 7) is 1.02. The van der Waals surface area contributed by atoms with Gasteiger partial charge in [-0.2, -0.15) is 0 Å². The van der Waals surface area contributed by atoms with Gasteiger partial charge in [0.05, 0.1) is 5.69 Å². The third kappa shape index (κ3) is 4.14. The Balaban J connectivity index is 1.79. The summed E-state index contributed by atoms with van der Waals surface area (Å²) < 4.78 is 5.56. The van der Waals surface area contributed by atoms with Crippen molar-refractivity contribution < 1.29 is 14.6 Å². The van der Waals surface area contributed by atoms with Gasteiger partial charge in [0, 0.05) is 19.2 Å². The first-order valence-electron chi connectivity index (χ1n) is 6.67. The molecule has 0 aliphatic heterocycles. The zero-order valence-electron chi connectivity index (χ0n) is 11.8. The first kappa shape index (κ1) is 14.7. The maximum absolute atomic E-state index is 11.4. The Hall–Kier alpha value is -2.69. The van der Waals surface area contributed by atoms with Crippen molar-refractivity contribution in [1.82, 2.24) is 5.32 Å². The fraction of sp³-hybridized carbons (Fsp3) is 0.188. The predicted octanol–water partition coefficient (Wildman–Crippen LogP) is 2.24. The van der Waals surface area contributed by atoms with Crippen molar-refractivity contribution >= 4 is 11.6 Å². The minimum Gasteiger partial charge on any atom is -0.506 e. The Bertz CT molecular complexity index is 597. The van der Waals surface area contributed by atoms with Gasteiger partial charge in [-0.05, 0) is 36.4 Å². The van der Waals surface area contributed by atoms with E-state index in [0.717, 1.165) is 0 Å². The number of nitrogens with one attached hydrogen (secondary N) is 2. The number of anilines is 1. The molecule has 0 spiro atoms. The molecule has 3 N–H and O–H groups in total. The molecule has 0 unspecified atom stereocenters. The highest BCUT2D eigenvalue weighted by atomic mass is 16.5. The quantitative estimate of drug-likeness (QED) is 0.562. The van der Waals surface area contributed by atoms with Crippen LogP contribution in [0.1, 0.15) is 10.4 Å². The Kier molecular flexibility index (Phi) is 5.04. The highest BCUT2D eigenvalue weighted by Gasteiger charge is 2.03. The fourth-order valence-corrected chi connectivity index (χ4v) is 1.82. The lowest BCUT2D eigenvalue weighted by molar-refractivity contribution is 0.0963. The second-order valence-corrected chi connectivity index (χ2v) is 4.40. The van der Waals surface area contributed by atoms with Gasteiger partial charge in [0.2, 0.25) is 0 Å². The summed E-state index contributed by atoms with van der Waals surface area (Å²) in [6.07, 6.45) is 0. The number of hydrogen-bond acceptors (Lipinski definition) is 4. The van der Waals surface area contributed by atoms with Crippen molar-refractivity contribution in [3.63, 3.8) is 0 Å². The summed E-state index contributed by atoms with van der Waals surface area (Å²) in [5, 5.41) is 15.2. The number of carbonyl (C=O) groups is 1. The summed E-state index contributed by atoms with van der Waals surface area (Å²) in [7, 11) is 1.59. The predicted molar refractivity (Wildman–Crippen MR) is 81.9 cm³/mol. The molecule has 0 saturated heterocycles. The van der Waals surface area contributed by atoms with Crippen LogP contribution in [0.25, 0.3) is 0 Å². The highest BCUT2D eigenvalue weighted by molar-refractivity contribution is 5.94. The molecule has 0 bridgehead atoms. The summed E-state index contributed by atoms with van der Waals surface area (Å²) in [5.74, 6) is 0.789. The Labute approximate surface area is 123 Å². The van der Waals surface area contributed by atoms with Crippen molar-refractivity contribution in [2.24, 2.45) is 0 Å². The molecule has 2 rings (SSSR count). The van der Waals surface area contributed by atoms with Crippen LogP contribution in [0.2, 0.25) is 0 Å². The average Bonchev–Trinajstić information content (AvgIpc) is 2.53. The third-order valence-electron chi connectivity index (χ3n) is 2.93. The molecule has 110 valence electrons. The number of carbonyl (C=O) groups excluding carboxylic acids is 1. The third-order valence-corrected chi connectivity index (χ3v) is 2.93. The monoisotopic (exact) mass is 286 g/mol. The number of ether oxygens (including phenoxy) is 1. The lowest BCUT2D eigenvalue weighted by atomic mass is 10.2. The molecule has 21 heavy (non-hydrogen) atoms. The number of phenolic OH excluding ortho intramolecular Hbond substituents is 1. The molecular weight excluding hydrogens is 268 g/mol. The lowest BCUT2D eigenvalue weighted by Gasteiger charge is -2.10. The summed E-state index contributed by atoms with van der Waals surface area (Å²) in [5.41, 5.74) is 1.27. The number of aromatic hydroxyl groups is 1. The molecule has 5 heteroatoms. The van der Waals surface area contributed by atoms with Crippen LogP contribution < -0.4 is 15.4 Å². The SMILES string of the molecule is CNC(=O)c1ccc(OCCNc2ccccc2O)cc1. The van der Waals surface area contributed by atoms with Crippen molar-refractivity contribution in [2.45, 2.75) is 0 Å². The summed E-state index contributed by atoms with van der Waals surface area (Å²) >= 11 is 0. The molecule has 5 nitrogen and oxygen atoms in total. The van der Waals surface area contributed by atoms with E-state index in [1.54, 1.807) is 49.5 Å². The molecule has 0 saturated carbocycles. The van der Waals surface area contributed by atoms with Crippen LogP contribution in [0.3, 0.4) is 0 Å². The van der Waals surface area contributed by atoms with Crippen LogP contribution in [-0.4, -0.2) is 31.2 Å². The molecule has 0 aliphatic rings. The smallest absolute Gasteiger partial charge is 0.251 e. The first-order chi connectivity index (χ1) is 10.2. The Morgan fingerprint density at radius 3 is 2.52 bits per heavy atom.